The zero-order valence-corrected chi connectivity index (χ0v) is 13.8. The van der Waals surface area contributed by atoms with Crippen molar-refractivity contribution < 1.29 is 25.2 Å². The van der Waals surface area contributed by atoms with Crippen LogP contribution >= 0.6 is 0 Å². The second-order valence-electron chi connectivity index (χ2n) is 7.32. The van der Waals surface area contributed by atoms with E-state index in [0.717, 1.165) is 25.0 Å². The molecule has 8 nitrogen and oxygen atoms in total. The van der Waals surface area contributed by atoms with Crippen LogP contribution in [0.3, 0.4) is 0 Å². The van der Waals surface area contributed by atoms with Crippen molar-refractivity contribution in [3.05, 3.63) is 11.9 Å². The zero-order chi connectivity index (χ0) is 17.2. The third-order valence-corrected chi connectivity index (χ3v) is 4.05. The van der Waals surface area contributed by atoms with Gasteiger partial charge in [0.1, 0.15) is 24.4 Å². The molecule has 0 aliphatic carbocycles. The molecular weight excluding hydrogens is 302 g/mol. The van der Waals surface area contributed by atoms with Crippen molar-refractivity contribution in [2.75, 3.05) is 6.61 Å². The molecule has 132 valence electrons. The minimum Gasteiger partial charge on any atom is -0.394 e. The summed E-state index contributed by atoms with van der Waals surface area (Å²) in [6, 6.07) is 0. The van der Waals surface area contributed by atoms with E-state index in [1.807, 2.05) is 0 Å². The lowest BCUT2D eigenvalue weighted by Crippen LogP contribution is -2.56. The maximum atomic E-state index is 10.1. The van der Waals surface area contributed by atoms with E-state index in [0.29, 0.717) is 0 Å². The smallest absolute Gasteiger partial charge is 0.180 e. The van der Waals surface area contributed by atoms with Crippen LogP contribution in [0.5, 0.6) is 0 Å². The fraction of sp³-hybridized carbons (Fsp3) is 0.867. The lowest BCUT2D eigenvalue weighted by atomic mass is 9.89. The fourth-order valence-corrected chi connectivity index (χ4v) is 2.65. The van der Waals surface area contributed by atoms with Crippen molar-refractivity contribution in [2.45, 2.75) is 70.7 Å². The molecule has 5 atom stereocenters. The first-order chi connectivity index (χ1) is 10.7. The minimum atomic E-state index is -1.42. The van der Waals surface area contributed by atoms with Crippen LogP contribution in [0.4, 0.5) is 0 Å². The summed E-state index contributed by atoms with van der Waals surface area (Å²) in [5, 5.41) is 46.9. The van der Waals surface area contributed by atoms with Crippen molar-refractivity contribution in [1.82, 2.24) is 15.0 Å². The molecule has 1 saturated heterocycles. The Morgan fingerprint density at radius 2 is 1.87 bits per heavy atom. The lowest BCUT2D eigenvalue weighted by Gasteiger charge is -2.39. The van der Waals surface area contributed by atoms with Crippen LogP contribution in [0, 0.1) is 5.41 Å². The van der Waals surface area contributed by atoms with Crippen molar-refractivity contribution in [3.63, 3.8) is 0 Å². The number of rotatable bonds is 5. The largest absolute Gasteiger partial charge is 0.394 e. The average Bonchev–Trinajstić information content (AvgIpc) is 2.92. The van der Waals surface area contributed by atoms with Crippen molar-refractivity contribution in [2.24, 2.45) is 5.41 Å². The third kappa shape index (κ3) is 4.48. The van der Waals surface area contributed by atoms with E-state index in [-0.39, 0.29) is 5.41 Å². The van der Waals surface area contributed by atoms with Gasteiger partial charge in [-0.1, -0.05) is 26.0 Å². The number of aliphatic hydroxyl groups is 4. The highest BCUT2D eigenvalue weighted by Gasteiger charge is 2.44. The molecule has 1 aliphatic heterocycles. The summed E-state index contributed by atoms with van der Waals surface area (Å²) >= 11 is 0. The van der Waals surface area contributed by atoms with Gasteiger partial charge in [-0.25, -0.2) is 4.68 Å². The summed E-state index contributed by atoms with van der Waals surface area (Å²) in [7, 11) is 0. The summed E-state index contributed by atoms with van der Waals surface area (Å²) in [5.74, 6) is 0. The van der Waals surface area contributed by atoms with Gasteiger partial charge in [0.05, 0.1) is 18.5 Å². The normalized spacial score (nSPS) is 32.2. The first kappa shape index (κ1) is 18.3. The van der Waals surface area contributed by atoms with Crippen LogP contribution in [-0.2, 0) is 11.2 Å². The zero-order valence-electron chi connectivity index (χ0n) is 13.8. The molecule has 0 amide bonds. The van der Waals surface area contributed by atoms with Crippen LogP contribution in [0.2, 0.25) is 0 Å². The SMILES string of the molecule is CC(C)(C)CCCc1cn(C2OC(CO)C(O)C(O)C2O)nn1. The molecule has 8 heteroatoms. The quantitative estimate of drug-likeness (QED) is 0.581. The van der Waals surface area contributed by atoms with Crippen LogP contribution in [-0.4, -0.2) is 66.4 Å². The molecular formula is C15H27N3O5. The van der Waals surface area contributed by atoms with Gasteiger partial charge in [-0.3, -0.25) is 0 Å². The standard InChI is InChI=1S/C15H27N3O5/c1-15(2,3)6-4-5-9-7-18(17-16-9)14-13(22)12(21)11(20)10(8-19)23-14/h7,10-14,19-22H,4-6,8H2,1-3H3. The molecule has 2 heterocycles. The highest BCUT2D eigenvalue weighted by atomic mass is 16.6. The van der Waals surface area contributed by atoms with Crippen molar-refractivity contribution in [3.8, 4) is 0 Å². The lowest BCUT2D eigenvalue weighted by molar-refractivity contribution is -0.254. The number of aromatic nitrogens is 3. The van der Waals surface area contributed by atoms with E-state index in [1.165, 1.54) is 4.68 Å². The summed E-state index contributed by atoms with van der Waals surface area (Å²) in [5.41, 5.74) is 1.03. The Morgan fingerprint density at radius 1 is 1.17 bits per heavy atom. The summed E-state index contributed by atoms with van der Waals surface area (Å²) < 4.78 is 6.77. The van der Waals surface area contributed by atoms with Gasteiger partial charge in [0.15, 0.2) is 6.23 Å². The predicted octanol–water partition coefficient (Wildman–Crippen LogP) is -0.381. The number of hydrogen-bond donors (Lipinski definition) is 4. The van der Waals surface area contributed by atoms with E-state index < -0.39 is 37.3 Å². The fourth-order valence-electron chi connectivity index (χ4n) is 2.65. The molecule has 1 aliphatic rings. The van der Waals surface area contributed by atoms with Crippen LogP contribution in [0.25, 0.3) is 0 Å². The van der Waals surface area contributed by atoms with Crippen molar-refractivity contribution >= 4 is 0 Å². The first-order valence-electron chi connectivity index (χ1n) is 7.94. The van der Waals surface area contributed by atoms with Crippen molar-refractivity contribution in [1.29, 1.82) is 0 Å². The molecule has 0 bridgehead atoms. The maximum absolute atomic E-state index is 10.1. The predicted molar refractivity (Wildman–Crippen MR) is 81.4 cm³/mol. The molecule has 0 radical (unpaired) electrons. The first-order valence-corrected chi connectivity index (χ1v) is 7.94. The van der Waals surface area contributed by atoms with Gasteiger partial charge >= 0.3 is 0 Å². The van der Waals surface area contributed by atoms with Gasteiger partial charge < -0.3 is 25.2 Å². The van der Waals surface area contributed by atoms with Gasteiger partial charge in [0.25, 0.3) is 0 Å². The van der Waals surface area contributed by atoms with E-state index >= 15 is 0 Å². The molecule has 1 fully saturated rings. The Balaban J connectivity index is 2.01. The van der Waals surface area contributed by atoms with Crippen LogP contribution < -0.4 is 0 Å². The van der Waals surface area contributed by atoms with Gasteiger partial charge in [-0.2, -0.15) is 0 Å². The van der Waals surface area contributed by atoms with Gasteiger partial charge in [-0.15, -0.1) is 5.10 Å². The molecule has 0 aromatic carbocycles. The number of aryl methyl sites for hydroxylation is 1. The molecule has 1 aromatic heterocycles. The molecule has 0 spiro atoms. The average molecular weight is 329 g/mol. The summed E-state index contributed by atoms with van der Waals surface area (Å²) in [4.78, 5) is 0. The second kappa shape index (κ2) is 7.23. The Morgan fingerprint density at radius 3 is 2.48 bits per heavy atom. The van der Waals surface area contributed by atoms with E-state index in [9.17, 15) is 20.4 Å². The summed E-state index contributed by atoms with van der Waals surface area (Å²) in [6.07, 6.45) is -1.64. The van der Waals surface area contributed by atoms with E-state index in [2.05, 4.69) is 31.1 Å². The Bertz CT molecular complexity index is 500. The molecule has 23 heavy (non-hydrogen) atoms. The molecule has 2 rings (SSSR count). The van der Waals surface area contributed by atoms with Gasteiger partial charge in [0.2, 0.25) is 0 Å². The van der Waals surface area contributed by atoms with Gasteiger partial charge in [-0.05, 0) is 24.7 Å². The van der Waals surface area contributed by atoms with E-state index in [4.69, 9.17) is 4.74 Å². The molecule has 4 N–H and O–H groups in total. The second-order valence-corrected chi connectivity index (χ2v) is 7.32. The highest BCUT2D eigenvalue weighted by Crippen LogP contribution is 2.28. The maximum Gasteiger partial charge on any atom is 0.180 e. The van der Waals surface area contributed by atoms with E-state index in [1.54, 1.807) is 6.20 Å². The number of hydrogen-bond acceptors (Lipinski definition) is 7. The Labute approximate surface area is 135 Å². The third-order valence-electron chi connectivity index (χ3n) is 4.05. The Kier molecular flexibility index (Phi) is 5.74. The number of ether oxygens (including phenoxy) is 1. The topological polar surface area (TPSA) is 121 Å². The number of nitrogens with zero attached hydrogens (tertiary/aromatic N) is 3. The minimum absolute atomic E-state index is 0.257. The molecule has 1 aromatic rings. The summed E-state index contributed by atoms with van der Waals surface area (Å²) in [6.45, 7) is 6.07. The Hall–Kier alpha value is -1.06. The number of aliphatic hydroxyl groups excluding tert-OH is 4. The molecule has 0 saturated carbocycles. The highest BCUT2D eigenvalue weighted by molar-refractivity contribution is 4.96. The monoisotopic (exact) mass is 329 g/mol. The molecule has 5 unspecified atom stereocenters. The van der Waals surface area contributed by atoms with Crippen LogP contribution in [0.1, 0.15) is 45.5 Å². The van der Waals surface area contributed by atoms with Gasteiger partial charge in [0, 0.05) is 0 Å². The van der Waals surface area contributed by atoms with Crippen LogP contribution in [0.15, 0.2) is 6.20 Å².